The van der Waals surface area contributed by atoms with Crippen LogP contribution in [0.15, 0.2) is 23.9 Å². The van der Waals surface area contributed by atoms with Crippen molar-refractivity contribution in [2.45, 2.75) is 119 Å². The van der Waals surface area contributed by atoms with E-state index >= 15 is 0 Å². The van der Waals surface area contributed by atoms with E-state index in [-0.39, 0.29) is 36.6 Å². The average Bonchev–Trinajstić information content (AvgIpc) is 3.96. The van der Waals surface area contributed by atoms with Crippen LogP contribution in [0.25, 0.3) is 35.6 Å². The summed E-state index contributed by atoms with van der Waals surface area (Å²) in [6, 6.07) is -0.481. The maximum absolute atomic E-state index is 13.6. The third kappa shape index (κ3) is 8.93. The van der Waals surface area contributed by atoms with Crippen molar-refractivity contribution in [3.05, 3.63) is 90.1 Å². The predicted octanol–water partition coefficient (Wildman–Crippen LogP) is 7.06. The first kappa shape index (κ1) is 44.3. The zero-order valence-corrected chi connectivity index (χ0v) is 37.2. The molecule has 5 atom stereocenters. The summed E-state index contributed by atoms with van der Waals surface area (Å²) in [5.74, 6) is -0.843. The maximum atomic E-state index is 13.6. The summed E-state index contributed by atoms with van der Waals surface area (Å²) in [6.45, 7) is 21.5. The quantitative estimate of drug-likeness (QED) is 0.0557. The Bertz CT molecular complexity index is 2450. The van der Waals surface area contributed by atoms with Gasteiger partial charge in [-0.1, -0.05) is 78.5 Å². The lowest BCUT2D eigenvalue weighted by atomic mass is 9.80. The Balaban J connectivity index is 1.35. The van der Waals surface area contributed by atoms with Crippen LogP contribution in [0.1, 0.15) is 143 Å². The van der Waals surface area contributed by atoms with Crippen molar-refractivity contribution in [2.75, 3.05) is 13.7 Å². The Kier molecular flexibility index (Phi) is 14.0. The van der Waals surface area contributed by atoms with Crippen LogP contribution >= 0.6 is 0 Å². The topological polar surface area (TPSA) is 149 Å². The molecule has 3 aliphatic rings. The minimum Gasteiger partial charge on any atom is -0.510 e. The molecule has 2 aliphatic heterocycles. The number of aldehydes is 1. The highest BCUT2D eigenvalue weighted by atomic mass is 16.5. The van der Waals surface area contributed by atoms with Crippen molar-refractivity contribution >= 4 is 53.9 Å². The molecular formula is C50H66N4O6. The Morgan fingerprint density at radius 3 is 2.33 bits per heavy atom. The van der Waals surface area contributed by atoms with E-state index in [9.17, 15) is 19.5 Å². The molecule has 0 radical (unpaired) electrons. The lowest BCUT2D eigenvalue weighted by Crippen LogP contribution is -2.38. The first-order valence-electron chi connectivity index (χ1n) is 22.0. The number of aromatic nitrogens is 3. The van der Waals surface area contributed by atoms with Crippen molar-refractivity contribution in [2.24, 2.45) is 29.6 Å². The molecule has 0 amide bonds. The summed E-state index contributed by atoms with van der Waals surface area (Å²) in [6.07, 6.45) is 19.1. The number of nitrogens with one attached hydrogen (secondary N) is 4. The average molecular weight is 819 g/mol. The molecule has 1 aliphatic carbocycles. The number of hydrogen-bond acceptors (Lipinski definition) is 7. The van der Waals surface area contributed by atoms with E-state index < -0.39 is 17.9 Å². The second-order valence-electron chi connectivity index (χ2n) is 17.8. The second kappa shape index (κ2) is 19.0. The van der Waals surface area contributed by atoms with Gasteiger partial charge in [0.2, 0.25) is 0 Å². The number of ether oxygens (including phenoxy) is 2. The smallest absolute Gasteiger partial charge is 0.320 e. The third-order valence-corrected chi connectivity index (χ3v) is 13.3. The fraction of sp³-hybridized carbons (Fsp3) is 0.500. The van der Waals surface area contributed by atoms with E-state index in [2.05, 4.69) is 81.4 Å². The highest BCUT2D eigenvalue weighted by Gasteiger charge is 2.47. The van der Waals surface area contributed by atoms with Crippen molar-refractivity contribution < 1.29 is 29.0 Å². The van der Waals surface area contributed by atoms with Crippen molar-refractivity contribution in [1.29, 1.82) is 0 Å². The number of esters is 2. The van der Waals surface area contributed by atoms with Gasteiger partial charge >= 0.3 is 11.9 Å². The number of methoxy groups -OCH3 is 1. The van der Waals surface area contributed by atoms with Gasteiger partial charge in [-0.15, -0.1) is 0 Å². The van der Waals surface area contributed by atoms with Crippen LogP contribution in [0.2, 0.25) is 0 Å². The first-order chi connectivity index (χ1) is 28.7. The molecule has 10 heteroatoms. The number of H-pyrrole nitrogens is 3. The largest absolute Gasteiger partial charge is 0.510 e. The lowest BCUT2D eigenvalue weighted by molar-refractivity contribution is -0.143. The van der Waals surface area contributed by atoms with Crippen LogP contribution in [-0.4, -0.2) is 58.0 Å². The molecule has 6 rings (SSSR count). The molecule has 0 spiro atoms. The highest BCUT2D eigenvalue weighted by Crippen LogP contribution is 2.42. The molecular weight excluding hydrogens is 753 g/mol. The normalized spacial score (nSPS) is 22.0. The minimum atomic E-state index is -1.05. The molecule has 0 aromatic carbocycles. The summed E-state index contributed by atoms with van der Waals surface area (Å²) in [4.78, 5) is 50.4. The standard InChI is InChI=1S/C50H66N4O6/c1-11-33-30(7)37-23-41-34(12-2)36(26-55)42(52-41)24-38-31(8)35(19-20-43(56)60-22-21-29(6)18-14-17-28(5)16-13-15-27(3)4)47(53-38)45-46(50(58)59-10)49(57)44-32(9)39(54-48(44)45)25-40(33)51-37/h12,21,23-28,31,35,46-47,51-54,57H,2,11,13-20,22H2,1,3-10H3/b29-21+,37-23-,38-24-,40-25-/t28-,31+,35+,46-,47?/m1/s1. The van der Waals surface area contributed by atoms with Crippen molar-refractivity contribution in [3.63, 3.8) is 0 Å². The Morgan fingerprint density at radius 1 is 0.933 bits per heavy atom. The second-order valence-corrected chi connectivity index (χ2v) is 17.8. The number of carbonyl (C=O) groups excluding carboxylic acids is 3. The van der Waals surface area contributed by atoms with Crippen molar-refractivity contribution in [3.8, 4) is 0 Å². The summed E-state index contributed by atoms with van der Waals surface area (Å²) in [5.41, 5.74) is 9.11. The maximum Gasteiger partial charge on any atom is 0.320 e. The van der Waals surface area contributed by atoms with Crippen LogP contribution in [0.5, 0.6) is 0 Å². The molecule has 0 saturated carbocycles. The van der Waals surface area contributed by atoms with Gasteiger partial charge in [0.05, 0.1) is 24.2 Å². The monoisotopic (exact) mass is 818 g/mol. The van der Waals surface area contributed by atoms with E-state index in [4.69, 9.17) is 9.47 Å². The molecule has 5 N–H and O–H groups in total. The number of fused-ring (bicyclic) bond motifs is 8. The van der Waals surface area contributed by atoms with Crippen LogP contribution in [0, 0.1) is 43.4 Å². The highest BCUT2D eigenvalue weighted by molar-refractivity contribution is 5.96. The Labute approximate surface area is 354 Å². The van der Waals surface area contributed by atoms with Crippen molar-refractivity contribution in [1.82, 2.24) is 20.3 Å². The number of aliphatic hydroxyl groups is 1. The van der Waals surface area contributed by atoms with Gasteiger partial charge in [-0.25, -0.2) is 0 Å². The fourth-order valence-electron chi connectivity index (χ4n) is 9.73. The van der Waals surface area contributed by atoms with Gasteiger partial charge in [0.1, 0.15) is 18.3 Å². The number of aromatic amines is 3. The molecule has 3 aromatic heterocycles. The SMILES string of the molecule is C=Cc1c2[nH]c(c1C=O)/C=C1\NC(C3=c4[nH]c(c(C)c4=C(O)[C@@H]3C(=O)OC)/C=c3\[nH]/c(c(C)c3CC)=C\2)[C@@H](CCC(=O)OC/C=C(\C)CCC[C@H](C)CCCC(C)C)[C@@H]1C. The molecule has 60 heavy (non-hydrogen) atoms. The zero-order valence-electron chi connectivity index (χ0n) is 37.2. The molecule has 1 unspecified atom stereocenters. The fourth-order valence-corrected chi connectivity index (χ4v) is 9.73. The number of carbonyl (C=O) groups is 3. The van der Waals surface area contributed by atoms with Gasteiger partial charge in [-0.3, -0.25) is 14.4 Å². The molecule has 3 aromatic rings. The van der Waals surface area contributed by atoms with Gasteiger partial charge in [-0.05, 0) is 111 Å². The molecule has 8 bridgehead atoms. The van der Waals surface area contributed by atoms with Crippen LogP contribution in [0.3, 0.4) is 0 Å². The van der Waals surface area contributed by atoms with E-state index in [0.29, 0.717) is 45.3 Å². The molecule has 5 heterocycles. The Hall–Kier alpha value is -5.25. The summed E-state index contributed by atoms with van der Waals surface area (Å²) in [7, 11) is 1.33. The van der Waals surface area contributed by atoms with Gasteiger partial charge in [0, 0.05) is 56.5 Å². The van der Waals surface area contributed by atoms with Crippen LogP contribution < -0.4 is 26.6 Å². The molecule has 1 fully saturated rings. The van der Waals surface area contributed by atoms with E-state index in [1.165, 1.54) is 38.4 Å². The van der Waals surface area contributed by atoms with E-state index in [1.807, 2.05) is 25.2 Å². The molecule has 1 saturated heterocycles. The van der Waals surface area contributed by atoms with Gasteiger partial charge in [0.25, 0.3) is 0 Å². The third-order valence-electron chi connectivity index (χ3n) is 13.3. The van der Waals surface area contributed by atoms with Gasteiger partial charge in [0.15, 0.2) is 6.29 Å². The number of allylic oxidation sites excluding steroid dienone is 2. The van der Waals surface area contributed by atoms with Crippen LogP contribution in [-0.2, 0) is 25.5 Å². The van der Waals surface area contributed by atoms with E-state index in [0.717, 1.165) is 75.9 Å². The number of aliphatic hydroxyl groups excluding tert-OH is 1. The Morgan fingerprint density at radius 2 is 1.65 bits per heavy atom. The molecule has 322 valence electrons. The number of hydrogen-bond donors (Lipinski definition) is 5. The van der Waals surface area contributed by atoms with Gasteiger partial charge in [-0.2, -0.15) is 0 Å². The van der Waals surface area contributed by atoms with Gasteiger partial charge < -0.3 is 34.8 Å². The zero-order chi connectivity index (χ0) is 43.4. The summed E-state index contributed by atoms with van der Waals surface area (Å²) >= 11 is 0. The molecule has 10 nitrogen and oxygen atoms in total. The summed E-state index contributed by atoms with van der Waals surface area (Å²) < 4.78 is 11.1. The minimum absolute atomic E-state index is 0.0607. The van der Waals surface area contributed by atoms with Crippen LogP contribution in [0.4, 0.5) is 0 Å². The predicted molar refractivity (Wildman–Crippen MR) is 241 cm³/mol. The number of rotatable bonds is 17. The first-order valence-corrected chi connectivity index (χ1v) is 22.0. The lowest BCUT2D eigenvalue weighted by Gasteiger charge is -2.26. The summed E-state index contributed by atoms with van der Waals surface area (Å²) in [5, 5.41) is 18.7. The van der Waals surface area contributed by atoms with E-state index in [1.54, 1.807) is 6.08 Å².